The summed E-state index contributed by atoms with van der Waals surface area (Å²) in [6.07, 6.45) is 1.27. The van der Waals surface area contributed by atoms with Gasteiger partial charge in [0.15, 0.2) is 9.34 Å². The minimum Gasteiger partial charge on any atom is -0.459 e. The third-order valence-corrected chi connectivity index (χ3v) is 5.99. The monoisotopic (exact) mass is 337 g/mol. The van der Waals surface area contributed by atoms with E-state index in [2.05, 4.69) is 4.98 Å². The van der Waals surface area contributed by atoms with Crippen LogP contribution in [0.25, 0.3) is 11.0 Å². The molecular formula is C14H15N3O3S2. The van der Waals surface area contributed by atoms with Crippen molar-refractivity contribution in [3.05, 3.63) is 42.3 Å². The summed E-state index contributed by atoms with van der Waals surface area (Å²) >= 11 is 1.04. The van der Waals surface area contributed by atoms with Crippen molar-refractivity contribution in [2.75, 3.05) is 11.9 Å². The lowest BCUT2D eigenvalue weighted by atomic mass is 10.2. The highest BCUT2D eigenvalue weighted by molar-refractivity contribution is 7.91. The average Bonchev–Trinajstić information content (AvgIpc) is 3.11. The molecule has 8 heteroatoms. The van der Waals surface area contributed by atoms with Crippen molar-refractivity contribution < 1.29 is 12.8 Å². The third-order valence-electron chi connectivity index (χ3n) is 3.49. The summed E-state index contributed by atoms with van der Waals surface area (Å²) < 4.78 is 28.6. The second kappa shape index (κ2) is 5.38. The maximum Gasteiger partial charge on any atom is 0.249 e. The molecule has 1 unspecified atom stereocenters. The maximum atomic E-state index is 11.3. The van der Waals surface area contributed by atoms with E-state index in [-0.39, 0.29) is 10.3 Å². The van der Waals surface area contributed by atoms with Gasteiger partial charge >= 0.3 is 0 Å². The molecule has 0 fully saturated rings. The quantitative estimate of drug-likeness (QED) is 0.790. The van der Waals surface area contributed by atoms with E-state index < -0.39 is 10.0 Å². The first-order valence-electron chi connectivity index (χ1n) is 6.56. The Balaban J connectivity index is 1.90. The largest absolute Gasteiger partial charge is 0.459 e. The number of sulfonamides is 1. The number of nitrogens with zero attached hydrogens (tertiary/aromatic N) is 2. The number of benzene rings is 1. The molecule has 6 nitrogen and oxygen atoms in total. The molecular weight excluding hydrogens is 322 g/mol. The number of hydrogen-bond acceptors (Lipinski definition) is 6. The van der Waals surface area contributed by atoms with Crippen LogP contribution in [-0.4, -0.2) is 20.4 Å². The Hall–Kier alpha value is -1.90. The van der Waals surface area contributed by atoms with Gasteiger partial charge in [-0.25, -0.2) is 18.5 Å². The third kappa shape index (κ3) is 2.72. The number of hydrogen-bond donors (Lipinski definition) is 1. The summed E-state index contributed by atoms with van der Waals surface area (Å²) in [7, 11) is -1.88. The molecule has 0 aliphatic carbocycles. The molecule has 0 bridgehead atoms. The van der Waals surface area contributed by atoms with Crippen molar-refractivity contribution in [3.63, 3.8) is 0 Å². The summed E-state index contributed by atoms with van der Waals surface area (Å²) in [4.78, 5) is 5.98. The highest BCUT2D eigenvalue weighted by Crippen LogP contribution is 2.32. The first kappa shape index (κ1) is 15.0. The zero-order valence-electron chi connectivity index (χ0n) is 12.1. The van der Waals surface area contributed by atoms with Crippen LogP contribution >= 0.6 is 11.3 Å². The number of thiazole rings is 1. The minimum absolute atomic E-state index is 0.0474. The molecule has 0 aliphatic heterocycles. The molecule has 0 amide bonds. The fourth-order valence-corrected chi connectivity index (χ4v) is 3.69. The number of rotatable bonds is 4. The summed E-state index contributed by atoms with van der Waals surface area (Å²) in [6.45, 7) is 1.97. The summed E-state index contributed by atoms with van der Waals surface area (Å²) in [5, 5.41) is 6.71. The predicted molar refractivity (Wildman–Crippen MR) is 86.5 cm³/mol. The van der Waals surface area contributed by atoms with Gasteiger partial charge in [0.05, 0.1) is 12.2 Å². The SMILES string of the molecule is CC(c1cc2ccccc2o1)N(C)c1ncc(S(N)(=O)=O)s1. The van der Waals surface area contributed by atoms with Gasteiger partial charge in [-0.2, -0.15) is 0 Å². The van der Waals surface area contributed by atoms with Crippen molar-refractivity contribution in [3.8, 4) is 0 Å². The fourth-order valence-electron chi connectivity index (χ4n) is 2.11. The first-order chi connectivity index (χ1) is 10.4. The summed E-state index contributed by atoms with van der Waals surface area (Å²) in [6, 6.07) is 9.65. The van der Waals surface area contributed by atoms with Gasteiger partial charge in [0, 0.05) is 12.4 Å². The lowest BCUT2D eigenvalue weighted by molar-refractivity contribution is 0.502. The van der Waals surface area contributed by atoms with Gasteiger partial charge in [0.2, 0.25) is 10.0 Å². The van der Waals surface area contributed by atoms with E-state index in [9.17, 15) is 8.42 Å². The van der Waals surface area contributed by atoms with E-state index in [1.807, 2.05) is 49.2 Å². The number of aromatic nitrogens is 1. The van der Waals surface area contributed by atoms with E-state index >= 15 is 0 Å². The molecule has 3 rings (SSSR count). The second-order valence-electron chi connectivity index (χ2n) is 4.98. The zero-order valence-corrected chi connectivity index (χ0v) is 13.7. The fraction of sp³-hybridized carbons (Fsp3) is 0.214. The molecule has 2 heterocycles. The van der Waals surface area contributed by atoms with Gasteiger partial charge in [-0.05, 0) is 19.1 Å². The number of nitrogens with two attached hydrogens (primary N) is 1. The van der Waals surface area contributed by atoms with Crippen LogP contribution in [0.1, 0.15) is 18.7 Å². The molecule has 2 aromatic heterocycles. The van der Waals surface area contributed by atoms with E-state index in [1.54, 1.807) is 0 Å². The molecule has 0 spiro atoms. The maximum absolute atomic E-state index is 11.3. The standard InChI is InChI=1S/C14H15N3O3S2/c1-9(12-7-10-5-3-4-6-11(10)20-12)17(2)14-16-8-13(21-14)22(15,18)19/h3-9H,1-2H3,(H2,15,18,19). The average molecular weight is 337 g/mol. The van der Waals surface area contributed by atoms with Crippen LogP contribution in [0.4, 0.5) is 5.13 Å². The smallest absolute Gasteiger partial charge is 0.249 e. The normalized spacial score (nSPS) is 13.4. The Labute approximate surface area is 132 Å². The molecule has 22 heavy (non-hydrogen) atoms. The molecule has 0 saturated carbocycles. The van der Waals surface area contributed by atoms with Crippen molar-refractivity contribution >= 4 is 37.5 Å². The van der Waals surface area contributed by atoms with E-state index in [1.165, 1.54) is 6.20 Å². The van der Waals surface area contributed by atoms with Crippen LogP contribution in [0.2, 0.25) is 0 Å². The minimum atomic E-state index is -3.72. The number of anilines is 1. The van der Waals surface area contributed by atoms with Crippen LogP contribution in [-0.2, 0) is 10.0 Å². The van der Waals surface area contributed by atoms with Crippen molar-refractivity contribution in [2.24, 2.45) is 5.14 Å². The topological polar surface area (TPSA) is 89.4 Å². The van der Waals surface area contributed by atoms with Gasteiger partial charge in [-0.15, -0.1) is 0 Å². The number of furan rings is 1. The molecule has 116 valence electrons. The Morgan fingerprint density at radius 3 is 2.73 bits per heavy atom. The number of para-hydroxylation sites is 1. The van der Waals surface area contributed by atoms with Crippen LogP contribution in [0.5, 0.6) is 0 Å². The van der Waals surface area contributed by atoms with Crippen molar-refractivity contribution in [1.82, 2.24) is 4.98 Å². The highest BCUT2D eigenvalue weighted by atomic mass is 32.2. The van der Waals surface area contributed by atoms with Crippen molar-refractivity contribution in [1.29, 1.82) is 0 Å². The first-order valence-corrected chi connectivity index (χ1v) is 8.92. The van der Waals surface area contributed by atoms with Gasteiger partial charge in [0.25, 0.3) is 0 Å². The van der Waals surface area contributed by atoms with E-state index in [0.29, 0.717) is 5.13 Å². The molecule has 1 aromatic carbocycles. The Morgan fingerprint density at radius 1 is 1.36 bits per heavy atom. The van der Waals surface area contributed by atoms with Crippen LogP contribution in [0.15, 0.2) is 45.2 Å². The van der Waals surface area contributed by atoms with E-state index in [0.717, 1.165) is 28.1 Å². The van der Waals surface area contributed by atoms with Gasteiger partial charge in [-0.3, -0.25) is 0 Å². The van der Waals surface area contributed by atoms with Crippen LogP contribution < -0.4 is 10.0 Å². The highest BCUT2D eigenvalue weighted by Gasteiger charge is 2.21. The molecule has 0 radical (unpaired) electrons. The summed E-state index contributed by atoms with van der Waals surface area (Å²) in [5.74, 6) is 0.788. The summed E-state index contributed by atoms with van der Waals surface area (Å²) in [5.41, 5.74) is 0.821. The van der Waals surface area contributed by atoms with Gasteiger partial charge in [-0.1, -0.05) is 29.5 Å². The van der Waals surface area contributed by atoms with E-state index in [4.69, 9.17) is 9.56 Å². The van der Waals surface area contributed by atoms with Crippen molar-refractivity contribution in [2.45, 2.75) is 17.2 Å². The molecule has 1 atom stereocenters. The Bertz CT molecular complexity index is 881. The zero-order chi connectivity index (χ0) is 15.9. The molecule has 3 aromatic rings. The molecule has 0 aliphatic rings. The molecule has 2 N–H and O–H groups in total. The lowest BCUT2D eigenvalue weighted by Gasteiger charge is -2.22. The van der Waals surface area contributed by atoms with Crippen LogP contribution in [0.3, 0.4) is 0 Å². The van der Waals surface area contributed by atoms with Crippen LogP contribution in [0, 0.1) is 0 Å². The lowest BCUT2D eigenvalue weighted by Crippen LogP contribution is -2.20. The second-order valence-corrected chi connectivity index (χ2v) is 7.78. The molecule has 0 saturated heterocycles. The number of primary sulfonamides is 1. The van der Waals surface area contributed by atoms with Gasteiger partial charge in [0.1, 0.15) is 11.3 Å². The number of fused-ring (bicyclic) bond motifs is 1. The Morgan fingerprint density at radius 2 is 2.09 bits per heavy atom. The Kier molecular flexibility index (Phi) is 3.67. The van der Waals surface area contributed by atoms with Gasteiger partial charge < -0.3 is 9.32 Å². The predicted octanol–water partition coefficient (Wildman–Crippen LogP) is 2.73.